The third-order valence-corrected chi connectivity index (χ3v) is 5.47. The molecule has 2 unspecified atom stereocenters. The molecule has 0 aliphatic carbocycles. The molecule has 0 radical (unpaired) electrons. The van der Waals surface area contributed by atoms with Gasteiger partial charge in [0, 0.05) is 23.5 Å². The molecule has 0 fully saturated rings. The van der Waals surface area contributed by atoms with Crippen molar-refractivity contribution in [2.75, 3.05) is 0 Å². The molecule has 6 nitrogen and oxygen atoms in total. The third kappa shape index (κ3) is 3.63. The first kappa shape index (κ1) is 20.0. The summed E-state index contributed by atoms with van der Waals surface area (Å²) in [7, 11) is 0. The van der Waals surface area contributed by atoms with Crippen molar-refractivity contribution in [1.82, 2.24) is 19.3 Å². The molecule has 1 N–H and O–H groups in total. The summed E-state index contributed by atoms with van der Waals surface area (Å²) in [6, 6.07) is 21.9. The van der Waals surface area contributed by atoms with Gasteiger partial charge in [0.2, 0.25) is 0 Å². The van der Waals surface area contributed by atoms with Crippen LogP contribution in [0.3, 0.4) is 0 Å². The van der Waals surface area contributed by atoms with Crippen molar-refractivity contribution in [2.24, 2.45) is 0 Å². The number of hydrogen-bond donors (Lipinski definition) is 1. The maximum absolute atomic E-state index is 15.1. The van der Waals surface area contributed by atoms with Crippen LogP contribution in [-0.4, -0.2) is 30.8 Å². The predicted octanol–water partition coefficient (Wildman–Crippen LogP) is 4.79. The van der Waals surface area contributed by atoms with Crippen molar-refractivity contribution in [2.45, 2.75) is 18.9 Å². The van der Waals surface area contributed by atoms with Crippen LogP contribution in [0, 0.1) is 0 Å². The maximum Gasteiger partial charge on any atom is 0.270 e. The molecule has 32 heavy (non-hydrogen) atoms. The van der Waals surface area contributed by atoms with Gasteiger partial charge in [-0.1, -0.05) is 24.3 Å². The van der Waals surface area contributed by atoms with Crippen LogP contribution in [0.4, 0.5) is 4.39 Å². The lowest BCUT2D eigenvalue weighted by molar-refractivity contribution is -0.119. The van der Waals surface area contributed by atoms with E-state index >= 15 is 4.39 Å². The van der Waals surface area contributed by atoms with Gasteiger partial charge in [-0.15, -0.1) is 0 Å². The zero-order chi connectivity index (χ0) is 22.1. The number of aromatic nitrogens is 4. The lowest BCUT2D eigenvalue weighted by Gasteiger charge is -2.28. The normalized spacial score (nSPS) is 14.2. The number of rotatable bonds is 6. The van der Waals surface area contributed by atoms with E-state index in [1.165, 1.54) is 6.92 Å². The third-order valence-electron chi connectivity index (χ3n) is 5.47. The van der Waals surface area contributed by atoms with Crippen molar-refractivity contribution in [3.8, 4) is 17.1 Å². The number of halogens is 1. The number of alkyl halides is 1. The molecular weight excluding hydrogens is 407 g/mol. The second-order valence-electron chi connectivity index (χ2n) is 7.71. The molecule has 0 aliphatic heterocycles. The van der Waals surface area contributed by atoms with Gasteiger partial charge in [0.05, 0.1) is 23.7 Å². The summed E-state index contributed by atoms with van der Waals surface area (Å²) in [6.07, 6.45) is 4.90. The first-order chi connectivity index (χ1) is 15.5. The SMILES string of the molecule is CC(O)(c1ccc2c(cnn2-c2ccccc2)c1)C(F)Oc1ccc(-n2ccnc2)cc1. The van der Waals surface area contributed by atoms with Crippen LogP contribution in [-0.2, 0) is 5.60 Å². The minimum atomic E-state index is -1.97. The van der Waals surface area contributed by atoms with E-state index in [1.54, 1.807) is 59.8 Å². The molecule has 7 heteroatoms. The van der Waals surface area contributed by atoms with E-state index in [1.807, 2.05) is 47.2 Å². The lowest BCUT2D eigenvalue weighted by Crippen LogP contribution is -2.37. The molecule has 0 aliphatic rings. The van der Waals surface area contributed by atoms with Crippen LogP contribution in [0.15, 0.2) is 97.7 Å². The van der Waals surface area contributed by atoms with E-state index in [-0.39, 0.29) is 0 Å². The number of para-hydroxylation sites is 1. The fourth-order valence-corrected chi connectivity index (χ4v) is 3.60. The Hall–Kier alpha value is -3.97. The lowest BCUT2D eigenvalue weighted by atomic mass is 9.95. The highest BCUT2D eigenvalue weighted by Gasteiger charge is 2.36. The molecule has 160 valence electrons. The number of nitrogens with zero attached hydrogens (tertiary/aromatic N) is 4. The number of ether oxygens (including phenoxy) is 1. The average Bonchev–Trinajstić information content (AvgIpc) is 3.50. The van der Waals surface area contributed by atoms with Gasteiger partial charge in [-0.05, 0) is 61.0 Å². The molecule has 5 aromatic rings. The second kappa shape index (κ2) is 7.94. The molecule has 2 atom stereocenters. The van der Waals surface area contributed by atoms with Crippen LogP contribution in [0.1, 0.15) is 12.5 Å². The predicted molar refractivity (Wildman–Crippen MR) is 120 cm³/mol. The van der Waals surface area contributed by atoms with E-state index in [4.69, 9.17) is 4.74 Å². The van der Waals surface area contributed by atoms with Gasteiger partial charge < -0.3 is 14.4 Å². The van der Waals surface area contributed by atoms with Crippen molar-refractivity contribution in [1.29, 1.82) is 0 Å². The Morgan fingerprint density at radius 1 is 1.00 bits per heavy atom. The molecule has 0 saturated carbocycles. The average molecular weight is 428 g/mol. The van der Waals surface area contributed by atoms with Gasteiger partial charge in [0.25, 0.3) is 6.36 Å². The molecule has 2 heterocycles. The quantitative estimate of drug-likeness (QED) is 0.422. The summed E-state index contributed by atoms with van der Waals surface area (Å²) >= 11 is 0. The fourth-order valence-electron chi connectivity index (χ4n) is 3.60. The van der Waals surface area contributed by atoms with Gasteiger partial charge >= 0.3 is 0 Å². The van der Waals surface area contributed by atoms with Gasteiger partial charge in [-0.3, -0.25) is 0 Å². The summed E-state index contributed by atoms with van der Waals surface area (Å²) in [5, 5.41) is 16.2. The van der Waals surface area contributed by atoms with Gasteiger partial charge in [0.15, 0.2) is 5.60 Å². The van der Waals surface area contributed by atoms with E-state index in [0.29, 0.717) is 11.3 Å². The second-order valence-corrected chi connectivity index (χ2v) is 7.71. The van der Waals surface area contributed by atoms with Crippen LogP contribution < -0.4 is 4.74 Å². The molecular formula is C25H21FN4O2. The van der Waals surface area contributed by atoms with E-state index in [9.17, 15) is 5.11 Å². The Balaban J connectivity index is 1.37. The summed E-state index contributed by atoms with van der Waals surface area (Å²) in [4.78, 5) is 4.01. The first-order valence-electron chi connectivity index (χ1n) is 10.2. The minimum Gasteiger partial charge on any atom is -0.457 e. The van der Waals surface area contributed by atoms with E-state index in [2.05, 4.69) is 10.1 Å². The maximum atomic E-state index is 15.1. The largest absolute Gasteiger partial charge is 0.457 e. The zero-order valence-corrected chi connectivity index (χ0v) is 17.3. The Morgan fingerprint density at radius 2 is 1.78 bits per heavy atom. The van der Waals surface area contributed by atoms with Crippen LogP contribution >= 0.6 is 0 Å². The Morgan fingerprint density at radius 3 is 2.50 bits per heavy atom. The van der Waals surface area contributed by atoms with Gasteiger partial charge in [-0.2, -0.15) is 9.49 Å². The topological polar surface area (TPSA) is 65.1 Å². The number of fused-ring (bicyclic) bond motifs is 1. The Labute approximate surface area is 184 Å². The number of imidazole rings is 1. The van der Waals surface area contributed by atoms with E-state index < -0.39 is 12.0 Å². The van der Waals surface area contributed by atoms with Crippen LogP contribution in [0.25, 0.3) is 22.3 Å². The summed E-state index contributed by atoms with van der Waals surface area (Å²) in [5.74, 6) is 0.319. The highest BCUT2D eigenvalue weighted by atomic mass is 19.1. The molecule has 0 saturated heterocycles. The van der Waals surface area contributed by atoms with Crippen LogP contribution in [0.5, 0.6) is 5.75 Å². The molecule has 0 spiro atoms. The molecule has 0 bridgehead atoms. The number of aliphatic hydroxyl groups is 1. The monoisotopic (exact) mass is 428 g/mol. The zero-order valence-electron chi connectivity index (χ0n) is 17.3. The van der Waals surface area contributed by atoms with Crippen molar-refractivity contribution < 1.29 is 14.2 Å². The molecule has 5 rings (SSSR count). The minimum absolute atomic E-state index is 0.319. The first-order valence-corrected chi connectivity index (χ1v) is 10.2. The van der Waals surface area contributed by atoms with Gasteiger partial charge in [0.1, 0.15) is 5.75 Å². The Bertz CT molecular complexity index is 1330. The summed E-state index contributed by atoms with van der Waals surface area (Å²) in [6.45, 7) is 1.40. The van der Waals surface area contributed by atoms with E-state index in [0.717, 1.165) is 22.3 Å². The Kier molecular flexibility index (Phi) is 4.95. The summed E-state index contributed by atoms with van der Waals surface area (Å²) < 4.78 is 24.2. The number of hydrogen-bond acceptors (Lipinski definition) is 4. The van der Waals surface area contributed by atoms with Crippen molar-refractivity contribution in [3.63, 3.8) is 0 Å². The highest BCUT2D eigenvalue weighted by Crippen LogP contribution is 2.32. The van der Waals surface area contributed by atoms with Gasteiger partial charge in [-0.25, -0.2) is 9.67 Å². The molecule has 3 aromatic carbocycles. The molecule has 2 aromatic heterocycles. The standard InChI is InChI=1S/C25H21FN4O2/c1-25(31,24(26)32-22-10-8-20(9-11-22)29-14-13-27-17-29)19-7-12-23-18(15-19)16-28-30(23)21-5-3-2-4-6-21/h2-17,24,31H,1H3. The fraction of sp³-hybridized carbons (Fsp3) is 0.120. The summed E-state index contributed by atoms with van der Waals surface area (Å²) in [5.41, 5.74) is 1.21. The number of benzene rings is 3. The molecule has 0 amide bonds. The smallest absolute Gasteiger partial charge is 0.270 e. The van der Waals surface area contributed by atoms with Crippen LogP contribution in [0.2, 0.25) is 0 Å². The highest BCUT2D eigenvalue weighted by molar-refractivity contribution is 5.81. The van der Waals surface area contributed by atoms with Crippen molar-refractivity contribution >= 4 is 10.9 Å². The van der Waals surface area contributed by atoms with Crippen molar-refractivity contribution in [3.05, 3.63) is 103 Å².